The Hall–Kier alpha value is 0.620. The van der Waals surface area contributed by atoms with Gasteiger partial charge in [-0.3, -0.25) is 4.90 Å². The van der Waals surface area contributed by atoms with Gasteiger partial charge in [0.2, 0.25) is 0 Å². The largest absolute Gasteiger partial charge is 0.329 e. The smallest absolute Gasteiger partial charge is 0.0347 e. The van der Waals surface area contributed by atoms with Crippen molar-refractivity contribution in [1.82, 2.24) is 4.90 Å². The molecule has 0 amide bonds. The van der Waals surface area contributed by atoms with Crippen molar-refractivity contribution in [3.05, 3.63) is 0 Å². The second kappa shape index (κ2) is 5.30. The highest BCUT2D eigenvalue weighted by molar-refractivity contribution is 7.99. The quantitative estimate of drug-likeness (QED) is 0.820. The van der Waals surface area contributed by atoms with Crippen molar-refractivity contribution in [2.24, 2.45) is 5.73 Å². The summed E-state index contributed by atoms with van der Waals surface area (Å²) in [4.78, 5) is 2.62. The number of rotatable bonds is 3. The molecule has 2 nitrogen and oxygen atoms in total. The van der Waals surface area contributed by atoms with E-state index in [1.807, 2.05) is 0 Å². The Labute approximate surface area is 102 Å². The maximum atomic E-state index is 6.05. The molecule has 0 aromatic rings. The van der Waals surface area contributed by atoms with Crippen molar-refractivity contribution in [2.75, 3.05) is 36.6 Å². The molecule has 2 heterocycles. The highest BCUT2D eigenvalue weighted by Crippen LogP contribution is 2.35. The number of nitrogens with zero attached hydrogens (tertiary/aromatic N) is 1. The first kappa shape index (κ1) is 12.1. The Morgan fingerprint density at radius 2 is 2.00 bits per heavy atom. The minimum Gasteiger partial charge on any atom is -0.329 e. The molecule has 1 unspecified atom stereocenters. The summed E-state index contributed by atoms with van der Waals surface area (Å²) in [5, 5.41) is 0. The van der Waals surface area contributed by atoms with Crippen LogP contribution < -0.4 is 5.73 Å². The fraction of sp³-hybridized carbons (Fsp3) is 1.00. The average molecular weight is 246 g/mol. The van der Waals surface area contributed by atoms with Crippen LogP contribution in [0.5, 0.6) is 0 Å². The molecule has 0 saturated carbocycles. The molecule has 2 rings (SSSR count). The average Bonchev–Trinajstić information content (AvgIpc) is 2.82. The van der Waals surface area contributed by atoms with E-state index in [4.69, 9.17) is 5.73 Å². The van der Waals surface area contributed by atoms with Crippen LogP contribution in [0.1, 0.15) is 19.3 Å². The van der Waals surface area contributed by atoms with Gasteiger partial charge in [-0.15, -0.1) is 0 Å². The highest BCUT2D eigenvalue weighted by atomic mass is 32.2. The maximum absolute atomic E-state index is 6.05. The molecule has 2 saturated heterocycles. The van der Waals surface area contributed by atoms with Crippen LogP contribution in [0.4, 0.5) is 0 Å². The van der Waals surface area contributed by atoms with E-state index in [9.17, 15) is 0 Å². The van der Waals surface area contributed by atoms with Gasteiger partial charge < -0.3 is 5.73 Å². The number of hydrogen-bond acceptors (Lipinski definition) is 4. The summed E-state index contributed by atoms with van der Waals surface area (Å²) in [5.74, 6) is 5.23. The van der Waals surface area contributed by atoms with Crippen molar-refractivity contribution in [2.45, 2.75) is 30.8 Å². The first-order chi connectivity index (χ1) is 7.28. The Morgan fingerprint density at radius 1 is 1.27 bits per heavy atom. The van der Waals surface area contributed by atoms with Gasteiger partial charge in [-0.25, -0.2) is 0 Å². The van der Waals surface area contributed by atoms with Crippen LogP contribution in [0.25, 0.3) is 0 Å². The van der Waals surface area contributed by atoms with Gasteiger partial charge in [-0.1, -0.05) is 0 Å². The third-order valence-corrected chi connectivity index (χ3v) is 6.14. The summed E-state index contributed by atoms with van der Waals surface area (Å²) in [5.41, 5.74) is 6.37. The second-order valence-corrected chi connectivity index (χ2v) is 7.04. The van der Waals surface area contributed by atoms with Crippen molar-refractivity contribution < 1.29 is 0 Å². The second-order valence-electron chi connectivity index (χ2n) is 4.67. The molecule has 2 N–H and O–H groups in total. The lowest BCUT2D eigenvalue weighted by atomic mass is 9.89. The molecule has 2 aliphatic heterocycles. The fourth-order valence-corrected chi connectivity index (χ4v) is 5.19. The lowest BCUT2D eigenvalue weighted by molar-refractivity contribution is 0.0789. The van der Waals surface area contributed by atoms with Crippen LogP contribution >= 0.6 is 23.5 Å². The lowest BCUT2D eigenvalue weighted by Gasteiger charge is -2.46. The van der Waals surface area contributed by atoms with Crippen LogP contribution in [0.15, 0.2) is 0 Å². The summed E-state index contributed by atoms with van der Waals surface area (Å²) in [6, 6.07) is 0.779. The third-order valence-electron chi connectivity index (χ3n) is 4.01. The standard InChI is InChI=1S/C11H22N2S2/c1-13(10-2-5-15-8-10)11(9-12)3-6-14-7-4-11/h10H,2-9,12H2,1H3. The topological polar surface area (TPSA) is 29.3 Å². The van der Waals surface area contributed by atoms with Crippen LogP contribution in [-0.2, 0) is 0 Å². The van der Waals surface area contributed by atoms with E-state index < -0.39 is 0 Å². The van der Waals surface area contributed by atoms with E-state index in [0.717, 1.165) is 12.6 Å². The van der Waals surface area contributed by atoms with E-state index in [1.165, 1.54) is 42.3 Å². The predicted octanol–water partition coefficient (Wildman–Crippen LogP) is 1.65. The number of likely N-dealkylation sites (N-methyl/N-ethyl adjacent to an activating group) is 1. The Balaban J connectivity index is 2.02. The maximum Gasteiger partial charge on any atom is 0.0347 e. The molecule has 0 aromatic carbocycles. The first-order valence-electron chi connectivity index (χ1n) is 5.87. The minimum atomic E-state index is 0.320. The van der Waals surface area contributed by atoms with Gasteiger partial charge in [0, 0.05) is 23.9 Å². The van der Waals surface area contributed by atoms with Gasteiger partial charge in [0.25, 0.3) is 0 Å². The first-order valence-corrected chi connectivity index (χ1v) is 8.18. The zero-order valence-electron chi connectivity index (χ0n) is 9.58. The molecule has 0 aromatic heterocycles. The van der Waals surface area contributed by atoms with Gasteiger partial charge in [0.1, 0.15) is 0 Å². The van der Waals surface area contributed by atoms with Crippen molar-refractivity contribution >= 4 is 23.5 Å². The van der Waals surface area contributed by atoms with E-state index >= 15 is 0 Å². The van der Waals surface area contributed by atoms with Gasteiger partial charge in [0.05, 0.1) is 0 Å². The van der Waals surface area contributed by atoms with E-state index in [0.29, 0.717) is 5.54 Å². The van der Waals surface area contributed by atoms with Crippen LogP contribution in [-0.4, -0.2) is 53.1 Å². The molecule has 2 fully saturated rings. The minimum absolute atomic E-state index is 0.320. The predicted molar refractivity (Wildman–Crippen MR) is 71.8 cm³/mol. The Kier molecular flexibility index (Phi) is 4.27. The SMILES string of the molecule is CN(C1CCSC1)C1(CN)CCSCC1. The highest BCUT2D eigenvalue weighted by Gasteiger charge is 2.38. The molecular formula is C11H22N2S2. The number of thioether (sulfide) groups is 2. The normalized spacial score (nSPS) is 31.0. The Bertz CT molecular complexity index is 199. The summed E-state index contributed by atoms with van der Waals surface area (Å²) in [6.07, 6.45) is 3.92. The third kappa shape index (κ3) is 2.48. The zero-order chi connectivity index (χ0) is 10.7. The summed E-state index contributed by atoms with van der Waals surface area (Å²) >= 11 is 4.18. The molecule has 88 valence electrons. The molecule has 0 spiro atoms. The van der Waals surface area contributed by atoms with Gasteiger partial charge in [-0.05, 0) is 43.6 Å². The molecule has 2 aliphatic rings. The van der Waals surface area contributed by atoms with Crippen molar-refractivity contribution in [3.63, 3.8) is 0 Å². The molecule has 4 heteroatoms. The summed E-state index contributed by atoms with van der Waals surface area (Å²) in [6.45, 7) is 0.839. The molecule has 0 aliphatic carbocycles. The van der Waals surface area contributed by atoms with E-state index in [1.54, 1.807) is 0 Å². The summed E-state index contributed by atoms with van der Waals surface area (Å²) in [7, 11) is 2.30. The van der Waals surface area contributed by atoms with E-state index in [2.05, 4.69) is 35.5 Å². The molecule has 0 radical (unpaired) electrons. The monoisotopic (exact) mass is 246 g/mol. The van der Waals surface area contributed by atoms with Crippen LogP contribution in [0, 0.1) is 0 Å². The van der Waals surface area contributed by atoms with Gasteiger partial charge in [-0.2, -0.15) is 23.5 Å². The molecule has 0 bridgehead atoms. The number of hydrogen-bond donors (Lipinski definition) is 1. The number of nitrogens with two attached hydrogens (primary N) is 1. The van der Waals surface area contributed by atoms with E-state index in [-0.39, 0.29) is 0 Å². The van der Waals surface area contributed by atoms with Gasteiger partial charge in [0.15, 0.2) is 0 Å². The van der Waals surface area contributed by atoms with Crippen molar-refractivity contribution in [3.8, 4) is 0 Å². The van der Waals surface area contributed by atoms with Gasteiger partial charge >= 0.3 is 0 Å². The van der Waals surface area contributed by atoms with Crippen LogP contribution in [0.3, 0.4) is 0 Å². The molecule has 1 atom stereocenters. The lowest BCUT2D eigenvalue weighted by Crippen LogP contribution is -2.57. The summed E-state index contributed by atoms with van der Waals surface area (Å²) < 4.78 is 0. The Morgan fingerprint density at radius 3 is 2.53 bits per heavy atom. The van der Waals surface area contributed by atoms with Crippen LogP contribution in [0.2, 0.25) is 0 Å². The zero-order valence-corrected chi connectivity index (χ0v) is 11.2. The molecular weight excluding hydrogens is 224 g/mol. The molecule has 15 heavy (non-hydrogen) atoms. The fourth-order valence-electron chi connectivity index (χ4n) is 2.67. The van der Waals surface area contributed by atoms with Crippen molar-refractivity contribution in [1.29, 1.82) is 0 Å².